The Morgan fingerprint density at radius 1 is 0.905 bits per heavy atom. The topological polar surface area (TPSA) is 48.9 Å². The van der Waals surface area contributed by atoms with Gasteiger partial charge in [0.05, 0.1) is 12.1 Å². The molecular weight excluding hydrogens is 266 g/mol. The largest absolute Gasteiger partial charge is 0.347 e. The van der Waals surface area contributed by atoms with Crippen molar-refractivity contribution in [2.75, 3.05) is 0 Å². The highest BCUT2D eigenvalue weighted by Crippen LogP contribution is 3.08. The highest BCUT2D eigenvalue weighted by molar-refractivity contribution is 5.52. The molecule has 6 aliphatic carbocycles. The van der Waals surface area contributed by atoms with Gasteiger partial charge in [-0.25, -0.2) is 23.5 Å². The summed E-state index contributed by atoms with van der Waals surface area (Å²) in [5, 5.41) is 0. The number of aromatic nitrogens is 3. The van der Waals surface area contributed by atoms with Crippen molar-refractivity contribution in [2.24, 2.45) is 47.0 Å². The lowest BCUT2D eigenvalue weighted by atomic mass is 9.73. The van der Waals surface area contributed by atoms with Crippen molar-refractivity contribution in [2.45, 2.75) is 37.8 Å². The van der Waals surface area contributed by atoms with Crippen LogP contribution in [0.1, 0.15) is 37.8 Å². The lowest BCUT2D eigenvalue weighted by Gasteiger charge is -2.45. The molecule has 5 nitrogen and oxygen atoms in total. The first-order chi connectivity index (χ1) is 10.1. The van der Waals surface area contributed by atoms with Crippen LogP contribution in [0.3, 0.4) is 0 Å². The molecule has 5 heteroatoms. The minimum absolute atomic E-state index is 0.0497. The van der Waals surface area contributed by atoms with E-state index in [-0.39, 0.29) is 11.4 Å². The summed E-state index contributed by atoms with van der Waals surface area (Å²) in [4.78, 5) is 25.3. The second-order valence-corrected chi connectivity index (χ2v) is 9.35. The molecule has 2 unspecified atom stereocenters. The van der Waals surface area contributed by atoms with E-state index in [4.69, 9.17) is 0 Å². The summed E-state index contributed by atoms with van der Waals surface area (Å²) in [6, 6.07) is 0.757. The summed E-state index contributed by atoms with van der Waals surface area (Å²) in [7, 11) is 1.65. The van der Waals surface area contributed by atoms with Gasteiger partial charge in [-0.2, -0.15) is 0 Å². The Balaban J connectivity index is 1.55. The smallest absolute Gasteiger partial charge is 0.246 e. The van der Waals surface area contributed by atoms with Crippen LogP contribution in [0.5, 0.6) is 0 Å². The minimum atomic E-state index is -0.0497. The highest BCUT2D eigenvalue weighted by Gasteiger charge is 3.05. The SMILES string of the molecule is Cn1c(=O)n2n(c1=O)[C@@H]1[C@H]3C4C5[C@@]6(CC7(CC7)C[C@@]516)[C@H]2[C@H]43. The maximum absolute atomic E-state index is 12.6. The van der Waals surface area contributed by atoms with Gasteiger partial charge in [0.15, 0.2) is 0 Å². The van der Waals surface area contributed by atoms with Gasteiger partial charge in [0.2, 0.25) is 0 Å². The van der Waals surface area contributed by atoms with Crippen molar-refractivity contribution >= 4 is 0 Å². The average molecular weight is 283 g/mol. The molecule has 8 aliphatic rings. The van der Waals surface area contributed by atoms with Crippen LogP contribution in [-0.2, 0) is 7.05 Å². The number of hydrogen-bond acceptors (Lipinski definition) is 2. The Morgan fingerprint density at radius 3 is 1.90 bits per heavy atom. The predicted molar refractivity (Wildman–Crippen MR) is 71.7 cm³/mol. The Labute approximate surface area is 120 Å². The third-order valence-electron chi connectivity index (χ3n) is 9.27. The van der Waals surface area contributed by atoms with Gasteiger partial charge in [0, 0.05) is 17.9 Å². The quantitative estimate of drug-likeness (QED) is 0.696. The molecule has 2 bridgehead atoms. The zero-order chi connectivity index (χ0) is 13.7. The lowest BCUT2D eigenvalue weighted by Crippen LogP contribution is -2.51. The van der Waals surface area contributed by atoms with E-state index in [0.29, 0.717) is 28.3 Å². The molecule has 6 saturated carbocycles. The van der Waals surface area contributed by atoms with E-state index in [2.05, 4.69) is 0 Å². The molecule has 2 aliphatic heterocycles. The second kappa shape index (κ2) is 2.04. The Bertz CT molecular complexity index is 865. The maximum Gasteiger partial charge on any atom is 0.347 e. The number of rotatable bonds is 0. The molecule has 0 aromatic carbocycles. The minimum Gasteiger partial charge on any atom is -0.246 e. The van der Waals surface area contributed by atoms with Gasteiger partial charge in [-0.05, 0) is 54.8 Å². The first-order valence-electron chi connectivity index (χ1n) is 8.49. The molecule has 9 rings (SSSR count). The molecule has 108 valence electrons. The van der Waals surface area contributed by atoms with Crippen LogP contribution in [0.15, 0.2) is 9.59 Å². The van der Waals surface area contributed by atoms with Crippen LogP contribution in [0.4, 0.5) is 0 Å². The summed E-state index contributed by atoms with van der Waals surface area (Å²) >= 11 is 0. The summed E-state index contributed by atoms with van der Waals surface area (Å²) in [5.41, 5.74) is 1.41. The standard InChI is InChI=1S/C16H17N3O2/c1-17-12(20)18-10-7-6-8(7)11(19(18)13(17)21)16-5-14(2-3-14)4-15(10,16)9(6)16/h6-11H,2-5H2,1H3/t6?,7-,8+,9?,10-,11-,15+,16-/m1/s1. The normalized spacial score (nSPS) is 62.9. The first kappa shape index (κ1) is 9.70. The van der Waals surface area contributed by atoms with Crippen molar-refractivity contribution < 1.29 is 0 Å². The zero-order valence-electron chi connectivity index (χ0n) is 12.0. The lowest BCUT2D eigenvalue weighted by molar-refractivity contribution is 0.0178. The van der Waals surface area contributed by atoms with E-state index in [1.807, 2.05) is 9.36 Å². The fraction of sp³-hybridized carbons (Fsp3) is 0.875. The van der Waals surface area contributed by atoms with Crippen LogP contribution in [0.2, 0.25) is 0 Å². The molecule has 0 amide bonds. The van der Waals surface area contributed by atoms with Crippen LogP contribution < -0.4 is 11.4 Å². The maximum atomic E-state index is 12.6. The van der Waals surface area contributed by atoms with Gasteiger partial charge in [0.25, 0.3) is 0 Å². The second-order valence-electron chi connectivity index (χ2n) is 9.35. The van der Waals surface area contributed by atoms with Crippen molar-refractivity contribution in [3.8, 4) is 0 Å². The molecule has 21 heavy (non-hydrogen) atoms. The zero-order valence-corrected chi connectivity index (χ0v) is 12.0. The van der Waals surface area contributed by atoms with Crippen molar-refractivity contribution in [1.82, 2.24) is 13.9 Å². The van der Waals surface area contributed by atoms with E-state index in [1.165, 1.54) is 30.3 Å². The molecular formula is C16H17N3O2. The average Bonchev–Trinajstić information content (AvgIpc) is 3.34. The van der Waals surface area contributed by atoms with Crippen LogP contribution >= 0.6 is 0 Å². The van der Waals surface area contributed by atoms with E-state index in [9.17, 15) is 9.59 Å². The Kier molecular flexibility index (Phi) is 0.943. The van der Waals surface area contributed by atoms with Gasteiger partial charge in [-0.15, -0.1) is 0 Å². The van der Waals surface area contributed by atoms with Gasteiger partial charge in [-0.1, -0.05) is 0 Å². The summed E-state index contributed by atoms with van der Waals surface area (Å²) in [6.45, 7) is 0. The van der Waals surface area contributed by atoms with Crippen molar-refractivity contribution in [1.29, 1.82) is 0 Å². The van der Waals surface area contributed by atoms with Gasteiger partial charge >= 0.3 is 11.4 Å². The van der Waals surface area contributed by atoms with E-state index in [0.717, 1.165) is 23.7 Å². The summed E-state index contributed by atoms with van der Waals surface area (Å²) in [6.07, 6.45) is 5.57. The monoisotopic (exact) mass is 283 g/mol. The van der Waals surface area contributed by atoms with Crippen molar-refractivity contribution in [3.63, 3.8) is 0 Å². The van der Waals surface area contributed by atoms with E-state index in [1.54, 1.807) is 7.05 Å². The first-order valence-corrected chi connectivity index (χ1v) is 8.49. The fourth-order valence-electron chi connectivity index (χ4n) is 9.08. The third kappa shape index (κ3) is 0.561. The van der Waals surface area contributed by atoms with Crippen molar-refractivity contribution in [3.05, 3.63) is 21.0 Å². The molecule has 3 heterocycles. The predicted octanol–water partition coefficient (Wildman–Crippen LogP) is 0.510. The molecule has 0 radical (unpaired) electrons. The molecule has 3 spiro atoms. The highest BCUT2D eigenvalue weighted by atomic mass is 16.2. The van der Waals surface area contributed by atoms with Crippen LogP contribution in [0.25, 0.3) is 0 Å². The number of nitrogens with zero attached hydrogens (tertiary/aromatic N) is 3. The molecule has 0 N–H and O–H groups in total. The molecule has 1 aromatic rings. The molecule has 8 atom stereocenters. The Hall–Kier alpha value is -1.26. The van der Waals surface area contributed by atoms with Gasteiger partial charge < -0.3 is 0 Å². The third-order valence-corrected chi connectivity index (χ3v) is 9.27. The molecule has 1 aromatic heterocycles. The van der Waals surface area contributed by atoms with E-state index < -0.39 is 0 Å². The molecule has 6 fully saturated rings. The number of hydrogen-bond donors (Lipinski definition) is 0. The molecule has 0 saturated heterocycles. The van der Waals surface area contributed by atoms with Gasteiger partial charge in [0.1, 0.15) is 0 Å². The van der Waals surface area contributed by atoms with Crippen LogP contribution in [0, 0.1) is 39.9 Å². The summed E-state index contributed by atoms with van der Waals surface area (Å²) < 4.78 is 5.21. The fourth-order valence-corrected chi connectivity index (χ4v) is 9.08. The summed E-state index contributed by atoms with van der Waals surface area (Å²) in [5.74, 6) is 3.23. The van der Waals surface area contributed by atoms with E-state index >= 15 is 0 Å². The Morgan fingerprint density at radius 2 is 1.43 bits per heavy atom. The van der Waals surface area contributed by atoms with Crippen LogP contribution in [-0.4, -0.2) is 13.9 Å². The van der Waals surface area contributed by atoms with Gasteiger partial charge in [-0.3, -0.25) is 0 Å².